The van der Waals surface area contributed by atoms with Gasteiger partial charge in [0.05, 0.1) is 28.1 Å². The molecule has 194 valence electrons. The number of ether oxygens (including phenoxy) is 1. The van der Waals surface area contributed by atoms with Crippen LogP contribution >= 0.6 is 0 Å². The first-order valence-corrected chi connectivity index (χ1v) is 11.9. The zero-order valence-electron chi connectivity index (χ0n) is 19.3. The van der Waals surface area contributed by atoms with Gasteiger partial charge in [-0.25, -0.2) is 4.39 Å². The first kappa shape index (κ1) is 27.2. The maximum Gasteiger partial charge on any atom is 0.339 e. The van der Waals surface area contributed by atoms with Gasteiger partial charge in [0.15, 0.2) is 0 Å². The normalized spacial score (nSPS) is 11.1. The quantitative estimate of drug-likeness (QED) is 0.203. The number of halogens is 1. The van der Waals surface area contributed by atoms with Gasteiger partial charge >= 0.3 is 10.1 Å². The molecule has 0 radical (unpaired) electrons. The van der Waals surface area contributed by atoms with Gasteiger partial charge in [0.2, 0.25) is 0 Å². The summed E-state index contributed by atoms with van der Waals surface area (Å²) in [6, 6.07) is 12.5. The molecule has 0 unspecified atom stereocenters. The van der Waals surface area contributed by atoms with Gasteiger partial charge in [-0.15, -0.1) is 0 Å². The van der Waals surface area contributed by atoms with E-state index >= 15 is 0 Å². The molecule has 0 fully saturated rings. The Bertz CT molecular complexity index is 1380. The summed E-state index contributed by atoms with van der Waals surface area (Å²) in [7, 11) is -2.80. The average Bonchev–Trinajstić information content (AvgIpc) is 2.86. The number of rotatable bonds is 11. The average molecular weight is 533 g/mol. The topological polar surface area (TPSA) is 159 Å². The van der Waals surface area contributed by atoms with Gasteiger partial charge in [-0.1, -0.05) is 12.1 Å². The van der Waals surface area contributed by atoms with Crippen molar-refractivity contribution < 1.29 is 36.4 Å². The summed E-state index contributed by atoms with van der Waals surface area (Å²) in [5.41, 5.74) is -0.917. The highest BCUT2D eigenvalue weighted by Crippen LogP contribution is 2.25. The highest BCUT2D eigenvalue weighted by molar-refractivity contribution is 7.87. The maximum atomic E-state index is 13.1. The second-order valence-electron chi connectivity index (χ2n) is 7.61. The van der Waals surface area contributed by atoms with E-state index in [2.05, 4.69) is 0 Å². The summed E-state index contributed by atoms with van der Waals surface area (Å²) in [4.78, 5) is 34.9. The van der Waals surface area contributed by atoms with E-state index < -0.39 is 43.1 Å². The van der Waals surface area contributed by atoms with Crippen LogP contribution in [-0.2, 0) is 21.4 Å². The molecule has 0 saturated carbocycles. The van der Waals surface area contributed by atoms with Gasteiger partial charge in [0, 0.05) is 32.3 Å². The summed E-state index contributed by atoms with van der Waals surface area (Å²) in [5.74, 6) is -1.34. The van der Waals surface area contributed by atoms with Crippen molar-refractivity contribution in [3.8, 4) is 5.75 Å². The van der Waals surface area contributed by atoms with Crippen molar-refractivity contribution in [2.24, 2.45) is 0 Å². The molecule has 0 aliphatic carbocycles. The minimum absolute atomic E-state index is 0.0241. The summed E-state index contributed by atoms with van der Waals surface area (Å²) >= 11 is 0. The van der Waals surface area contributed by atoms with Crippen LogP contribution in [0.5, 0.6) is 5.75 Å². The lowest BCUT2D eigenvalue weighted by atomic mass is 10.1. The second kappa shape index (κ2) is 11.5. The van der Waals surface area contributed by atoms with Crippen molar-refractivity contribution in [2.45, 2.75) is 11.4 Å². The van der Waals surface area contributed by atoms with Crippen molar-refractivity contribution in [1.29, 1.82) is 0 Å². The molecule has 3 aromatic carbocycles. The summed E-state index contributed by atoms with van der Waals surface area (Å²) in [5, 5.41) is 22.4. The third kappa shape index (κ3) is 7.05. The fourth-order valence-electron chi connectivity index (χ4n) is 3.21. The Hall–Kier alpha value is -4.43. The first-order valence-electron chi connectivity index (χ1n) is 10.5. The zero-order chi connectivity index (χ0) is 27.2. The molecular weight excluding hydrogens is 513 g/mol. The molecule has 0 aromatic heterocycles. The van der Waals surface area contributed by atoms with Crippen molar-refractivity contribution in [2.75, 3.05) is 20.3 Å². The number of amides is 1. The summed E-state index contributed by atoms with van der Waals surface area (Å²) < 4.78 is 47.9. The molecule has 37 heavy (non-hydrogen) atoms. The van der Waals surface area contributed by atoms with Crippen LogP contribution in [0.3, 0.4) is 0 Å². The van der Waals surface area contributed by atoms with Gasteiger partial charge < -0.3 is 13.8 Å². The Morgan fingerprint density at radius 3 is 2.03 bits per heavy atom. The van der Waals surface area contributed by atoms with Crippen molar-refractivity contribution >= 4 is 27.4 Å². The smallest absolute Gasteiger partial charge is 0.339 e. The number of nitrogens with zero attached hydrogens (tertiary/aromatic N) is 3. The van der Waals surface area contributed by atoms with E-state index in [1.165, 1.54) is 36.3 Å². The summed E-state index contributed by atoms with van der Waals surface area (Å²) in [6.45, 7) is 0.145. The van der Waals surface area contributed by atoms with Crippen molar-refractivity contribution in [3.05, 3.63) is 104 Å². The molecule has 0 saturated heterocycles. The SMILES string of the molecule is COCCN(Cc1ccc(OS(=O)(=O)c2ccc(F)cc2)cc1)C(=O)c1cc([N+](=O)[O-])cc([N+](=O)[O-])c1. The number of carbonyl (C=O) groups excluding carboxylic acids is 1. The van der Waals surface area contributed by atoms with E-state index in [0.29, 0.717) is 5.56 Å². The van der Waals surface area contributed by atoms with Crippen LogP contribution in [0.1, 0.15) is 15.9 Å². The number of nitro groups is 2. The Morgan fingerprint density at radius 1 is 0.946 bits per heavy atom. The molecule has 0 spiro atoms. The van der Waals surface area contributed by atoms with Gasteiger partial charge in [0.1, 0.15) is 16.5 Å². The lowest BCUT2D eigenvalue weighted by Crippen LogP contribution is -2.33. The molecule has 12 nitrogen and oxygen atoms in total. The minimum atomic E-state index is -4.21. The standard InChI is InChI=1S/C23H20FN3O9S/c1-35-11-10-25(23(28)17-12-19(26(29)30)14-20(13-17)27(31)32)15-16-2-6-21(7-3-16)36-37(33,34)22-8-4-18(24)5-9-22/h2-9,12-14H,10-11,15H2,1H3. The van der Waals surface area contributed by atoms with Crippen LogP contribution < -0.4 is 4.18 Å². The van der Waals surface area contributed by atoms with E-state index in [1.807, 2.05) is 0 Å². The third-order valence-electron chi connectivity index (χ3n) is 5.03. The largest absolute Gasteiger partial charge is 0.383 e. The molecule has 0 aliphatic heterocycles. The molecular formula is C23H20FN3O9S. The molecule has 0 N–H and O–H groups in total. The van der Waals surface area contributed by atoms with Gasteiger partial charge in [-0.3, -0.25) is 25.0 Å². The Labute approximate surface area is 210 Å². The Kier molecular flexibility index (Phi) is 8.47. The van der Waals surface area contributed by atoms with E-state index in [1.54, 1.807) is 0 Å². The lowest BCUT2D eigenvalue weighted by Gasteiger charge is -2.22. The fraction of sp³-hybridized carbons (Fsp3) is 0.174. The first-order chi connectivity index (χ1) is 17.5. The molecule has 1 amide bonds. The van der Waals surface area contributed by atoms with Crippen LogP contribution in [0, 0.1) is 26.0 Å². The van der Waals surface area contributed by atoms with Crippen LogP contribution in [0.4, 0.5) is 15.8 Å². The number of hydrogen-bond donors (Lipinski definition) is 0. The molecule has 0 heterocycles. The fourth-order valence-corrected chi connectivity index (χ4v) is 4.14. The van der Waals surface area contributed by atoms with Crippen LogP contribution in [0.15, 0.2) is 71.6 Å². The van der Waals surface area contributed by atoms with Crippen LogP contribution in [0.25, 0.3) is 0 Å². The second-order valence-corrected chi connectivity index (χ2v) is 9.15. The molecule has 3 aromatic rings. The highest BCUT2D eigenvalue weighted by Gasteiger charge is 2.24. The number of nitro benzene ring substituents is 2. The van der Waals surface area contributed by atoms with Crippen molar-refractivity contribution in [3.63, 3.8) is 0 Å². The zero-order valence-corrected chi connectivity index (χ0v) is 20.1. The van der Waals surface area contributed by atoms with Crippen molar-refractivity contribution in [1.82, 2.24) is 4.90 Å². The molecule has 0 bridgehead atoms. The number of hydrogen-bond acceptors (Lipinski definition) is 9. The van der Waals surface area contributed by atoms with Crippen LogP contribution in [-0.4, -0.2) is 49.3 Å². The van der Waals surface area contributed by atoms with Gasteiger partial charge in [-0.05, 0) is 42.0 Å². The number of carbonyl (C=O) groups is 1. The number of methoxy groups -OCH3 is 1. The minimum Gasteiger partial charge on any atom is -0.383 e. The van der Waals surface area contributed by atoms with E-state index in [9.17, 15) is 37.8 Å². The van der Waals surface area contributed by atoms with Crippen LogP contribution in [0.2, 0.25) is 0 Å². The predicted octanol–water partition coefficient (Wildman–Crippen LogP) is 3.70. The van der Waals surface area contributed by atoms with E-state index in [4.69, 9.17) is 8.92 Å². The monoisotopic (exact) mass is 533 g/mol. The Balaban J connectivity index is 1.81. The molecule has 3 rings (SSSR count). The molecule has 14 heteroatoms. The van der Waals surface area contributed by atoms with Gasteiger partial charge in [0.25, 0.3) is 17.3 Å². The molecule has 0 aliphatic rings. The number of non-ortho nitro benzene ring substituents is 2. The third-order valence-corrected chi connectivity index (χ3v) is 6.29. The molecule has 0 atom stereocenters. The van der Waals surface area contributed by atoms with E-state index in [0.717, 1.165) is 42.5 Å². The van der Waals surface area contributed by atoms with Gasteiger partial charge in [-0.2, -0.15) is 8.42 Å². The predicted molar refractivity (Wildman–Crippen MR) is 127 cm³/mol. The highest BCUT2D eigenvalue weighted by atomic mass is 32.2. The lowest BCUT2D eigenvalue weighted by molar-refractivity contribution is -0.394. The number of benzene rings is 3. The Morgan fingerprint density at radius 2 is 1.51 bits per heavy atom. The summed E-state index contributed by atoms with van der Waals surface area (Å²) in [6.07, 6.45) is 0. The van der Waals surface area contributed by atoms with E-state index in [-0.39, 0.29) is 35.9 Å². The maximum absolute atomic E-state index is 13.1.